The fourth-order valence-electron chi connectivity index (χ4n) is 2.32. The number of ether oxygens (including phenoxy) is 1. The molecule has 0 unspecified atom stereocenters. The number of hydrogen-bond donors (Lipinski definition) is 2. The summed E-state index contributed by atoms with van der Waals surface area (Å²) in [6.45, 7) is 4.30. The standard InChI is InChI=1S/C19H22N2O3/c1-13-7-8-17(14(2)11-13)24-10-9-18(22)21-16-6-4-5-15(12-16)19(23)20-3/h4-8,11-12H,9-10H2,1-3H3,(H,20,23)(H,21,22). The quantitative estimate of drug-likeness (QED) is 0.857. The fourth-order valence-corrected chi connectivity index (χ4v) is 2.32. The molecule has 2 rings (SSSR count). The molecular weight excluding hydrogens is 304 g/mol. The average Bonchev–Trinajstić information content (AvgIpc) is 2.56. The van der Waals surface area contributed by atoms with Gasteiger partial charge in [-0.25, -0.2) is 0 Å². The number of aryl methyl sites for hydroxylation is 2. The first-order valence-electron chi connectivity index (χ1n) is 7.81. The molecule has 0 aliphatic rings. The van der Waals surface area contributed by atoms with Gasteiger partial charge in [0.25, 0.3) is 5.91 Å². The van der Waals surface area contributed by atoms with Crippen molar-refractivity contribution in [3.63, 3.8) is 0 Å². The summed E-state index contributed by atoms with van der Waals surface area (Å²) in [5.41, 5.74) is 3.32. The Bertz CT molecular complexity index is 741. The number of carbonyl (C=O) groups is 2. The molecule has 2 aromatic carbocycles. The molecular formula is C19H22N2O3. The van der Waals surface area contributed by atoms with E-state index in [9.17, 15) is 9.59 Å². The fraction of sp³-hybridized carbons (Fsp3) is 0.263. The van der Waals surface area contributed by atoms with E-state index >= 15 is 0 Å². The van der Waals surface area contributed by atoms with E-state index in [1.54, 1.807) is 31.3 Å². The van der Waals surface area contributed by atoms with Crippen LogP contribution in [0.1, 0.15) is 27.9 Å². The minimum absolute atomic E-state index is 0.158. The third-order valence-electron chi connectivity index (χ3n) is 3.55. The third-order valence-corrected chi connectivity index (χ3v) is 3.55. The van der Waals surface area contributed by atoms with Gasteiger partial charge in [0.1, 0.15) is 5.75 Å². The molecule has 0 saturated heterocycles. The summed E-state index contributed by atoms with van der Waals surface area (Å²) in [4.78, 5) is 23.6. The van der Waals surface area contributed by atoms with E-state index in [0.717, 1.165) is 11.3 Å². The van der Waals surface area contributed by atoms with E-state index in [1.165, 1.54) is 5.56 Å². The van der Waals surface area contributed by atoms with Gasteiger partial charge < -0.3 is 15.4 Å². The highest BCUT2D eigenvalue weighted by Crippen LogP contribution is 2.19. The second-order valence-electron chi connectivity index (χ2n) is 5.58. The largest absolute Gasteiger partial charge is 0.493 e. The molecule has 0 aliphatic heterocycles. The summed E-state index contributed by atoms with van der Waals surface area (Å²) >= 11 is 0. The lowest BCUT2D eigenvalue weighted by molar-refractivity contribution is -0.116. The van der Waals surface area contributed by atoms with Crippen molar-refractivity contribution in [2.75, 3.05) is 19.0 Å². The summed E-state index contributed by atoms with van der Waals surface area (Å²) in [5, 5.41) is 5.32. The third kappa shape index (κ3) is 4.84. The first-order chi connectivity index (χ1) is 11.5. The molecule has 0 spiro atoms. The van der Waals surface area contributed by atoms with Gasteiger partial charge in [0.15, 0.2) is 0 Å². The van der Waals surface area contributed by atoms with Crippen LogP contribution in [0.25, 0.3) is 0 Å². The summed E-state index contributed by atoms with van der Waals surface area (Å²) < 4.78 is 5.65. The van der Waals surface area contributed by atoms with Crippen LogP contribution in [0.3, 0.4) is 0 Å². The Labute approximate surface area is 142 Å². The van der Waals surface area contributed by atoms with Crippen molar-refractivity contribution in [3.8, 4) is 5.75 Å². The molecule has 0 bridgehead atoms. The van der Waals surface area contributed by atoms with Gasteiger partial charge in [-0.05, 0) is 43.7 Å². The van der Waals surface area contributed by atoms with Crippen LogP contribution in [-0.2, 0) is 4.79 Å². The maximum atomic E-state index is 12.0. The van der Waals surface area contributed by atoms with Crippen LogP contribution in [-0.4, -0.2) is 25.5 Å². The number of nitrogens with one attached hydrogen (secondary N) is 2. The van der Waals surface area contributed by atoms with Crippen molar-refractivity contribution in [1.82, 2.24) is 5.32 Å². The van der Waals surface area contributed by atoms with E-state index < -0.39 is 0 Å². The molecule has 2 N–H and O–H groups in total. The molecule has 0 saturated carbocycles. The Morgan fingerprint density at radius 2 is 1.88 bits per heavy atom. The predicted molar refractivity (Wildman–Crippen MR) is 94.5 cm³/mol. The second kappa shape index (κ2) is 8.15. The normalized spacial score (nSPS) is 10.1. The van der Waals surface area contributed by atoms with E-state index in [2.05, 4.69) is 10.6 Å². The summed E-state index contributed by atoms with van der Waals surface area (Å²) in [6, 6.07) is 12.7. The number of benzene rings is 2. The van der Waals surface area contributed by atoms with Crippen molar-refractivity contribution in [2.45, 2.75) is 20.3 Å². The van der Waals surface area contributed by atoms with Crippen molar-refractivity contribution in [3.05, 3.63) is 59.2 Å². The zero-order valence-electron chi connectivity index (χ0n) is 14.2. The zero-order chi connectivity index (χ0) is 17.5. The van der Waals surface area contributed by atoms with Gasteiger partial charge in [0.2, 0.25) is 5.91 Å². The van der Waals surface area contributed by atoms with E-state index in [1.807, 2.05) is 32.0 Å². The van der Waals surface area contributed by atoms with Gasteiger partial charge in [-0.1, -0.05) is 23.8 Å². The van der Waals surface area contributed by atoms with Gasteiger partial charge in [-0.15, -0.1) is 0 Å². The van der Waals surface area contributed by atoms with Crippen LogP contribution in [0.15, 0.2) is 42.5 Å². The Hall–Kier alpha value is -2.82. The topological polar surface area (TPSA) is 67.4 Å². The summed E-state index contributed by atoms with van der Waals surface area (Å²) in [6.07, 6.45) is 0.234. The Morgan fingerprint density at radius 3 is 2.58 bits per heavy atom. The van der Waals surface area contributed by atoms with Gasteiger partial charge in [0, 0.05) is 18.3 Å². The smallest absolute Gasteiger partial charge is 0.251 e. The number of hydrogen-bond acceptors (Lipinski definition) is 3. The van der Waals surface area contributed by atoms with Gasteiger partial charge >= 0.3 is 0 Å². The molecule has 5 heteroatoms. The summed E-state index contributed by atoms with van der Waals surface area (Å²) in [5.74, 6) is 0.438. The predicted octanol–water partition coefficient (Wildman–Crippen LogP) is 3.07. The van der Waals surface area contributed by atoms with E-state index in [-0.39, 0.29) is 18.2 Å². The second-order valence-corrected chi connectivity index (χ2v) is 5.58. The minimum Gasteiger partial charge on any atom is -0.493 e. The van der Waals surface area contributed by atoms with Crippen molar-refractivity contribution >= 4 is 17.5 Å². The van der Waals surface area contributed by atoms with Crippen molar-refractivity contribution in [2.24, 2.45) is 0 Å². The molecule has 0 radical (unpaired) electrons. The molecule has 0 heterocycles. The van der Waals surface area contributed by atoms with Gasteiger partial charge in [0.05, 0.1) is 13.0 Å². The maximum absolute atomic E-state index is 12.0. The van der Waals surface area contributed by atoms with Crippen LogP contribution < -0.4 is 15.4 Å². The number of anilines is 1. The zero-order valence-corrected chi connectivity index (χ0v) is 14.2. The van der Waals surface area contributed by atoms with Crippen molar-refractivity contribution in [1.29, 1.82) is 0 Å². The first kappa shape index (κ1) is 17.5. The Morgan fingerprint density at radius 1 is 1.08 bits per heavy atom. The average molecular weight is 326 g/mol. The summed E-state index contributed by atoms with van der Waals surface area (Å²) in [7, 11) is 1.57. The monoisotopic (exact) mass is 326 g/mol. The van der Waals surface area contributed by atoms with E-state index in [4.69, 9.17) is 4.74 Å². The van der Waals surface area contributed by atoms with Crippen LogP contribution in [0.2, 0.25) is 0 Å². The van der Waals surface area contributed by atoms with Gasteiger partial charge in [-0.2, -0.15) is 0 Å². The molecule has 5 nitrogen and oxygen atoms in total. The highest BCUT2D eigenvalue weighted by Gasteiger charge is 2.07. The highest BCUT2D eigenvalue weighted by atomic mass is 16.5. The number of rotatable bonds is 6. The van der Waals surface area contributed by atoms with Crippen LogP contribution in [0, 0.1) is 13.8 Å². The van der Waals surface area contributed by atoms with Crippen LogP contribution in [0.4, 0.5) is 5.69 Å². The molecule has 0 atom stereocenters. The van der Waals surface area contributed by atoms with Crippen LogP contribution >= 0.6 is 0 Å². The SMILES string of the molecule is CNC(=O)c1cccc(NC(=O)CCOc2ccc(C)cc2C)c1. The molecule has 0 aromatic heterocycles. The lowest BCUT2D eigenvalue weighted by Gasteiger charge is -2.10. The first-order valence-corrected chi connectivity index (χ1v) is 7.81. The molecule has 0 fully saturated rings. The van der Waals surface area contributed by atoms with Gasteiger partial charge in [-0.3, -0.25) is 9.59 Å². The maximum Gasteiger partial charge on any atom is 0.251 e. The number of amides is 2. The molecule has 0 aliphatic carbocycles. The lowest BCUT2D eigenvalue weighted by Crippen LogP contribution is -2.19. The lowest BCUT2D eigenvalue weighted by atomic mass is 10.1. The Kier molecular flexibility index (Phi) is 5.95. The minimum atomic E-state index is -0.190. The molecule has 126 valence electrons. The van der Waals surface area contributed by atoms with Crippen molar-refractivity contribution < 1.29 is 14.3 Å². The molecule has 24 heavy (non-hydrogen) atoms. The highest BCUT2D eigenvalue weighted by molar-refractivity contribution is 5.97. The molecule has 2 aromatic rings. The van der Waals surface area contributed by atoms with E-state index in [0.29, 0.717) is 17.9 Å². The number of carbonyl (C=O) groups excluding carboxylic acids is 2. The molecule has 2 amide bonds. The Balaban J connectivity index is 1.86. The van der Waals surface area contributed by atoms with Crippen LogP contribution in [0.5, 0.6) is 5.75 Å².